The monoisotopic (exact) mass is 717 g/mol. The molecule has 0 radical (unpaired) electrons. The third-order valence-electron chi connectivity index (χ3n) is 11.5. The van der Waals surface area contributed by atoms with Crippen LogP contribution in [0.1, 0.15) is 22.3 Å². The Kier molecular flexibility index (Phi) is 7.40. The van der Waals surface area contributed by atoms with Crippen molar-refractivity contribution in [2.45, 2.75) is 15.2 Å². The van der Waals surface area contributed by atoms with E-state index < -0.39 is 0 Å². The van der Waals surface area contributed by atoms with Crippen LogP contribution in [0.5, 0.6) is 0 Å². The van der Waals surface area contributed by atoms with Crippen molar-refractivity contribution >= 4 is 39.6 Å². The molecule has 0 N–H and O–H groups in total. The summed E-state index contributed by atoms with van der Waals surface area (Å²) in [6.45, 7) is 0. The molecule has 1 heterocycles. The van der Waals surface area contributed by atoms with Gasteiger partial charge >= 0.3 is 0 Å². The van der Waals surface area contributed by atoms with E-state index in [2.05, 4.69) is 217 Å². The molecular formula is C53H35NS. The van der Waals surface area contributed by atoms with Gasteiger partial charge in [-0.3, -0.25) is 0 Å². The fourth-order valence-electron chi connectivity index (χ4n) is 9.13. The first-order chi connectivity index (χ1) is 27.3. The minimum atomic E-state index is -0.379. The van der Waals surface area contributed by atoms with E-state index in [1.54, 1.807) is 0 Å². The van der Waals surface area contributed by atoms with Crippen LogP contribution in [0.4, 0.5) is 17.1 Å². The lowest BCUT2D eigenvalue weighted by atomic mass is 9.67. The highest BCUT2D eigenvalue weighted by Crippen LogP contribution is 2.62. The maximum absolute atomic E-state index is 2.49. The Morgan fingerprint density at radius 2 is 0.836 bits per heavy atom. The topological polar surface area (TPSA) is 3.24 Å². The molecule has 0 fully saturated rings. The van der Waals surface area contributed by atoms with Crippen molar-refractivity contribution in [1.29, 1.82) is 0 Å². The molecule has 9 aromatic carbocycles. The van der Waals surface area contributed by atoms with Gasteiger partial charge in [-0.25, -0.2) is 0 Å². The number of fused-ring (bicyclic) bond motifs is 10. The highest BCUT2D eigenvalue weighted by molar-refractivity contribution is 7.99. The fraction of sp³-hybridized carbons (Fsp3) is 0.0189. The highest BCUT2D eigenvalue weighted by Gasteiger charge is 2.50. The fourth-order valence-corrected chi connectivity index (χ4v) is 10.3. The van der Waals surface area contributed by atoms with Crippen molar-refractivity contribution in [1.82, 2.24) is 0 Å². The van der Waals surface area contributed by atoms with Crippen molar-refractivity contribution < 1.29 is 0 Å². The number of rotatable bonds is 5. The van der Waals surface area contributed by atoms with Gasteiger partial charge in [0, 0.05) is 26.9 Å². The molecular weight excluding hydrogens is 683 g/mol. The third kappa shape index (κ3) is 4.95. The van der Waals surface area contributed by atoms with Crippen LogP contribution >= 0.6 is 11.8 Å². The minimum Gasteiger partial charge on any atom is -0.311 e. The number of nitrogens with zero attached hydrogens (tertiary/aromatic N) is 1. The van der Waals surface area contributed by atoms with Gasteiger partial charge in [0.2, 0.25) is 0 Å². The van der Waals surface area contributed by atoms with Crippen LogP contribution in [-0.4, -0.2) is 0 Å². The zero-order valence-corrected chi connectivity index (χ0v) is 30.9. The van der Waals surface area contributed by atoms with Gasteiger partial charge in [0.1, 0.15) is 0 Å². The van der Waals surface area contributed by atoms with Gasteiger partial charge in [0.05, 0.1) is 5.41 Å². The van der Waals surface area contributed by atoms with Gasteiger partial charge in [-0.15, -0.1) is 0 Å². The largest absolute Gasteiger partial charge is 0.311 e. The number of benzene rings is 9. The van der Waals surface area contributed by atoms with E-state index in [9.17, 15) is 0 Å². The predicted molar refractivity (Wildman–Crippen MR) is 231 cm³/mol. The van der Waals surface area contributed by atoms with Crippen molar-refractivity contribution in [2.75, 3.05) is 4.90 Å². The lowest BCUT2D eigenvalue weighted by Gasteiger charge is -2.40. The Labute approximate surface area is 326 Å². The van der Waals surface area contributed by atoms with Gasteiger partial charge < -0.3 is 4.90 Å². The Morgan fingerprint density at radius 1 is 0.327 bits per heavy atom. The number of hydrogen-bond donors (Lipinski definition) is 0. The molecule has 1 spiro atoms. The molecule has 0 amide bonds. The number of anilines is 3. The van der Waals surface area contributed by atoms with E-state index in [0.29, 0.717) is 0 Å². The Balaban J connectivity index is 1.03. The first-order valence-corrected chi connectivity index (χ1v) is 19.7. The third-order valence-corrected chi connectivity index (χ3v) is 12.7. The molecule has 0 aromatic heterocycles. The SMILES string of the molecule is c1ccc(-c2ccc(N(c3ccccc3)c3ccc(-c4cccc5cc6c(cc45)Sc4ccccc4C64c5ccccc5-c5ccccc54)cc3)cc2)cc1. The van der Waals surface area contributed by atoms with Crippen LogP contribution in [-0.2, 0) is 5.41 Å². The molecule has 0 atom stereocenters. The van der Waals surface area contributed by atoms with Crippen LogP contribution in [0.15, 0.2) is 222 Å². The highest BCUT2D eigenvalue weighted by atomic mass is 32.2. The van der Waals surface area contributed by atoms with Gasteiger partial charge in [-0.2, -0.15) is 0 Å². The van der Waals surface area contributed by atoms with Crippen LogP contribution in [0.2, 0.25) is 0 Å². The van der Waals surface area contributed by atoms with Crippen LogP contribution in [0, 0.1) is 0 Å². The summed E-state index contributed by atoms with van der Waals surface area (Å²) in [5.74, 6) is 0. The first-order valence-electron chi connectivity index (χ1n) is 18.9. The molecule has 2 heteroatoms. The number of hydrogen-bond acceptors (Lipinski definition) is 2. The molecule has 2 aliphatic rings. The number of para-hydroxylation sites is 1. The Morgan fingerprint density at radius 3 is 1.51 bits per heavy atom. The van der Waals surface area contributed by atoms with Crippen LogP contribution in [0.25, 0.3) is 44.2 Å². The Hall–Kier alpha value is -6.61. The van der Waals surface area contributed by atoms with Crippen molar-refractivity contribution in [3.05, 3.63) is 235 Å². The summed E-state index contributed by atoms with van der Waals surface area (Å²) in [7, 11) is 0. The van der Waals surface area contributed by atoms with E-state index in [-0.39, 0.29) is 5.41 Å². The lowest BCUT2D eigenvalue weighted by molar-refractivity contribution is 0.724. The van der Waals surface area contributed by atoms with E-state index >= 15 is 0 Å². The molecule has 0 bridgehead atoms. The molecule has 0 unspecified atom stereocenters. The predicted octanol–water partition coefficient (Wildman–Crippen LogP) is 14.5. The molecule has 0 saturated heterocycles. The lowest BCUT2D eigenvalue weighted by Crippen LogP contribution is -2.31. The molecule has 55 heavy (non-hydrogen) atoms. The maximum atomic E-state index is 2.49. The summed E-state index contributed by atoms with van der Waals surface area (Å²) in [6.07, 6.45) is 0. The molecule has 11 rings (SSSR count). The molecule has 1 aliphatic carbocycles. The summed E-state index contributed by atoms with van der Waals surface area (Å²) in [5.41, 5.74) is 16.0. The quantitative estimate of drug-likeness (QED) is 0.174. The smallest absolute Gasteiger partial charge is 0.0735 e. The summed E-state index contributed by atoms with van der Waals surface area (Å²) in [6, 6.07) is 78.0. The van der Waals surface area contributed by atoms with Gasteiger partial charge in [0.25, 0.3) is 0 Å². The second kappa shape index (κ2) is 12.8. The second-order valence-electron chi connectivity index (χ2n) is 14.4. The normalized spacial score (nSPS) is 13.2. The van der Waals surface area contributed by atoms with Gasteiger partial charge in [-0.05, 0) is 121 Å². The summed E-state index contributed by atoms with van der Waals surface area (Å²) in [5, 5.41) is 2.53. The van der Waals surface area contributed by atoms with E-state index in [0.717, 1.165) is 17.1 Å². The van der Waals surface area contributed by atoms with Gasteiger partial charge in [-0.1, -0.05) is 169 Å². The second-order valence-corrected chi connectivity index (χ2v) is 15.5. The zero-order chi connectivity index (χ0) is 36.3. The molecule has 1 nitrogen and oxygen atoms in total. The molecule has 9 aromatic rings. The average molecular weight is 718 g/mol. The molecule has 0 saturated carbocycles. The van der Waals surface area contributed by atoms with Crippen LogP contribution in [0.3, 0.4) is 0 Å². The van der Waals surface area contributed by atoms with Gasteiger partial charge in [0.15, 0.2) is 0 Å². The van der Waals surface area contributed by atoms with E-state index in [4.69, 9.17) is 0 Å². The molecule has 258 valence electrons. The van der Waals surface area contributed by atoms with Crippen LogP contribution < -0.4 is 4.90 Å². The standard InChI is InChI=1S/C53H35NS/c1-3-14-36(15-4-1)37-26-30-41(31-27-37)54(40-17-5-2-6-18-40)42-32-28-38(29-33-42)43-21-13-16-39-34-50-52(35-46(39)43)55-51-25-12-11-24-49(51)53(50)47-22-9-7-19-44(47)45-20-8-10-23-48(45)53/h1-35H. The van der Waals surface area contributed by atoms with E-state index in [1.807, 2.05) is 11.8 Å². The minimum absolute atomic E-state index is 0.379. The zero-order valence-electron chi connectivity index (χ0n) is 30.1. The van der Waals surface area contributed by atoms with E-state index in [1.165, 1.54) is 76.2 Å². The summed E-state index contributed by atoms with van der Waals surface area (Å²) >= 11 is 1.91. The summed E-state index contributed by atoms with van der Waals surface area (Å²) < 4.78 is 0. The maximum Gasteiger partial charge on any atom is 0.0735 e. The first kappa shape index (κ1) is 31.9. The molecule has 1 aliphatic heterocycles. The van der Waals surface area contributed by atoms with Crippen molar-refractivity contribution in [2.24, 2.45) is 0 Å². The average Bonchev–Trinajstić information content (AvgIpc) is 3.55. The van der Waals surface area contributed by atoms with Crippen molar-refractivity contribution in [3.8, 4) is 33.4 Å². The Bertz CT molecular complexity index is 2830. The summed E-state index contributed by atoms with van der Waals surface area (Å²) in [4.78, 5) is 4.97. The van der Waals surface area contributed by atoms with Crippen molar-refractivity contribution in [3.63, 3.8) is 0 Å².